The maximum absolute atomic E-state index is 11.5. The number of hydrogen-bond donors (Lipinski definition) is 1. The van der Waals surface area contributed by atoms with Crippen molar-refractivity contribution in [2.75, 3.05) is 0 Å². The Kier molecular flexibility index (Phi) is 2.91. The lowest BCUT2D eigenvalue weighted by Crippen LogP contribution is -2.22. The number of rotatable bonds is 3. The number of amides is 1. The molecule has 2 rings (SSSR count). The van der Waals surface area contributed by atoms with Gasteiger partial charge in [-0.1, -0.05) is 5.16 Å². The second-order valence-corrected chi connectivity index (χ2v) is 3.82. The van der Waals surface area contributed by atoms with Gasteiger partial charge in [-0.05, 0) is 25.4 Å². The lowest BCUT2D eigenvalue weighted by molar-refractivity contribution is 0.0945. The number of aryl methyl sites for hydroxylation is 2. The van der Waals surface area contributed by atoms with Gasteiger partial charge in [0.05, 0.1) is 6.54 Å². The Bertz CT molecular complexity index is 506. The highest BCUT2D eigenvalue weighted by atomic mass is 32.1. The molecule has 2 aromatic rings. The Morgan fingerprint density at radius 3 is 2.75 bits per heavy atom. The van der Waals surface area contributed by atoms with Gasteiger partial charge in [-0.2, -0.15) is 9.36 Å². The van der Waals surface area contributed by atoms with Gasteiger partial charge in [0.25, 0.3) is 5.91 Å². The summed E-state index contributed by atoms with van der Waals surface area (Å²) >= 11 is 1.06. The van der Waals surface area contributed by atoms with E-state index in [9.17, 15) is 4.79 Å². The summed E-state index contributed by atoms with van der Waals surface area (Å²) in [7, 11) is 0. The van der Waals surface area contributed by atoms with Crippen LogP contribution in [0.2, 0.25) is 0 Å². The molecule has 84 valence electrons. The van der Waals surface area contributed by atoms with Gasteiger partial charge in [0.1, 0.15) is 5.82 Å². The van der Waals surface area contributed by atoms with Crippen molar-refractivity contribution in [3.05, 3.63) is 22.5 Å². The Morgan fingerprint density at radius 1 is 1.38 bits per heavy atom. The highest BCUT2D eigenvalue weighted by Crippen LogP contribution is 2.03. The van der Waals surface area contributed by atoms with Crippen molar-refractivity contribution in [1.82, 2.24) is 24.8 Å². The Labute approximate surface area is 95.1 Å². The van der Waals surface area contributed by atoms with Gasteiger partial charge in [0.15, 0.2) is 5.82 Å². The monoisotopic (exact) mass is 239 g/mol. The van der Waals surface area contributed by atoms with E-state index < -0.39 is 0 Å². The SMILES string of the molecule is Cc1noc(CNC(=O)c2nc(C)ns2)n1. The van der Waals surface area contributed by atoms with Crippen molar-refractivity contribution in [1.29, 1.82) is 0 Å². The Hall–Kier alpha value is -1.83. The van der Waals surface area contributed by atoms with Crippen LogP contribution in [0.15, 0.2) is 4.52 Å². The molecule has 0 spiro atoms. The predicted octanol–water partition coefficient (Wildman–Crippen LogP) is 0.468. The quantitative estimate of drug-likeness (QED) is 0.836. The van der Waals surface area contributed by atoms with Gasteiger partial charge in [-0.3, -0.25) is 4.79 Å². The highest BCUT2D eigenvalue weighted by molar-refractivity contribution is 7.07. The number of carbonyl (C=O) groups is 1. The van der Waals surface area contributed by atoms with Crippen LogP contribution in [0, 0.1) is 13.8 Å². The molecule has 1 amide bonds. The summed E-state index contributed by atoms with van der Waals surface area (Å²) in [6.07, 6.45) is 0. The summed E-state index contributed by atoms with van der Waals surface area (Å²) in [6, 6.07) is 0. The summed E-state index contributed by atoms with van der Waals surface area (Å²) in [5, 5.41) is 6.55. The van der Waals surface area contributed by atoms with Gasteiger partial charge >= 0.3 is 0 Å². The number of nitrogens with zero attached hydrogens (tertiary/aromatic N) is 4. The third-order valence-electron chi connectivity index (χ3n) is 1.69. The molecule has 0 unspecified atom stereocenters. The van der Waals surface area contributed by atoms with Crippen molar-refractivity contribution >= 4 is 17.4 Å². The second kappa shape index (κ2) is 4.35. The van der Waals surface area contributed by atoms with E-state index >= 15 is 0 Å². The molecular weight excluding hydrogens is 230 g/mol. The van der Waals surface area contributed by atoms with Gasteiger partial charge < -0.3 is 9.84 Å². The average molecular weight is 239 g/mol. The van der Waals surface area contributed by atoms with Crippen LogP contribution in [0.5, 0.6) is 0 Å². The summed E-state index contributed by atoms with van der Waals surface area (Å²) < 4.78 is 8.76. The first kappa shape index (κ1) is 10.7. The summed E-state index contributed by atoms with van der Waals surface area (Å²) in [5.41, 5.74) is 0. The van der Waals surface area contributed by atoms with Crippen LogP contribution in [0.25, 0.3) is 0 Å². The van der Waals surface area contributed by atoms with E-state index in [0.29, 0.717) is 22.5 Å². The van der Waals surface area contributed by atoms with E-state index in [1.165, 1.54) is 0 Å². The van der Waals surface area contributed by atoms with E-state index in [1.807, 2.05) is 0 Å². The van der Waals surface area contributed by atoms with Crippen molar-refractivity contribution < 1.29 is 9.32 Å². The molecule has 8 heteroatoms. The van der Waals surface area contributed by atoms with Gasteiger partial charge in [0.2, 0.25) is 10.9 Å². The van der Waals surface area contributed by atoms with Crippen LogP contribution in [0.1, 0.15) is 27.3 Å². The first-order chi connectivity index (χ1) is 7.65. The van der Waals surface area contributed by atoms with E-state index in [-0.39, 0.29) is 12.5 Å². The first-order valence-electron chi connectivity index (χ1n) is 4.53. The van der Waals surface area contributed by atoms with E-state index in [0.717, 1.165) is 11.5 Å². The summed E-state index contributed by atoms with van der Waals surface area (Å²) in [6.45, 7) is 3.63. The van der Waals surface area contributed by atoms with Crippen molar-refractivity contribution in [3.63, 3.8) is 0 Å². The van der Waals surface area contributed by atoms with Crippen LogP contribution in [-0.2, 0) is 6.54 Å². The Morgan fingerprint density at radius 2 is 2.19 bits per heavy atom. The molecule has 0 radical (unpaired) electrons. The van der Waals surface area contributed by atoms with Crippen LogP contribution in [0.4, 0.5) is 0 Å². The molecule has 16 heavy (non-hydrogen) atoms. The molecule has 0 aliphatic heterocycles. The third-order valence-corrected chi connectivity index (χ3v) is 2.50. The zero-order valence-corrected chi connectivity index (χ0v) is 9.54. The first-order valence-corrected chi connectivity index (χ1v) is 5.30. The van der Waals surface area contributed by atoms with Gasteiger partial charge in [-0.25, -0.2) is 4.98 Å². The fraction of sp³-hybridized carbons (Fsp3) is 0.375. The maximum atomic E-state index is 11.5. The van der Waals surface area contributed by atoms with Crippen molar-refractivity contribution in [3.8, 4) is 0 Å². The number of carbonyl (C=O) groups excluding carboxylic acids is 1. The zero-order chi connectivity index (χ0) is 11.5. The summed E-state index contributed by atoms with van der Waals surface area (Å²) in [4.78, 5) is 19.5. The molecule has 0 aromatic carbocycles. The highest BCUT2D eigenvalue weighted by Gasteiger charge is 2.12. The molecule has 0 atom stereocenters. The molecule has 0 saturated carbocycles. The maximum Gasteiger partial charge on any atom is 0.282 e. The number of hydrogen-bond acceptors (Lipinski definition) is 7. The summed E-state index contributed by atoms with van der Waals surface area (Å²) in [5.74, 6) is 1.20. The molecule has 7 nitrogen and oxygen atoms in total. The fourth-order valence-corrected chi connectivity index (χ4v) is 1.62. The topological polar surface area (TPSA) is 93.8 Å². The average Bonchev–Trinajstić information content (AvgIpc) is 2.84. The molecule has 0 fully saturated rings. The lowest BCUT2D eigenvalue weighted by atomic mass is 10.5. The molecule has 0 bridgehead atoms. The van der Waals surface area contributed by atoms with Crippen LogP contribution < -0.4 is 5.32 Å². The van der Waals surface area contributed by atoms with Crippen molar-refractivity contribution in [2.24, 2.45) is 0 Å². The van der Waals surface area contributed by atoms with Gasteiger partial charge in [-0.15, -0.1) is 0 Å². The molecule has 0 aliphatic rings. The molecule has 0 aliphatic carbocycles. The minimum atomic E-state index is -0.290. The van der Waals surface area contributed by atoms with E-state index in [4.69, 9.17) is 4.52 Å². The lowest BCUT2D eigenvalue weighted by Gasteiger charge is -1.96. The predicted molar refractivity (Wildman–Crippen MR) is 54.9 cm³/mol. The standard InChI is InChI=1S/C8H9N5O2S/c1-4-10-6(15-12-4)3-9-7(14)8-11-5(2)13-16-8/h3H2,1-2H3,(H,9,14). The van der Waals surface area contributed by atoms with Gasteiger partial charge in [0, 0.05) is 0 Å². The van der Waals surface area contributed by atoms with Crippen LogP contribution in [-0.4, -0.2) is 25.4 Å². The smallest absolute Gasteiger partial charge is 0.282 e. The zero-order valence-electron chi connectivity index (χ0n) is 8.72. The second-order valence-electron chi connectivity index (χ2n) is 3.06. The largest absolute Gasteiger partial charge is 0.341 e. The number of aromatic nitrogens is 4. The molecule has 2 aromatic heterocycles. The van der Waals surface area contributed by atoms with Crippen LogP contribution in [0.3, 0.4) is 0 Å². The minimum Gasteiger partial charge on any atom is -0.341 e. The molecular formula is C8H9N5O2S. The third kappa shape index (κ3) is 2.40. The van der Waals surface area contributed by atoms with E-state index in [2.05, 4.69) is 24.8 Å². The molecule has 0 saturated heterocycles. The molecule has 2 heterocycles. The van der Waals surface area contributed by atoms with Crippen LogP contribution >= 0.6 is 11.5 Å². The normalized spacial score (nSPS) is 10.4. The van der Waals surface area contributed by atoms with Crippen molar-refractivity contribution in [2.45, 2.75) is 20.4 Å². The van der Waals surface area contributed by atoms with E-state index in [1.54, 1.807) is 13.8 Å². The molecule has 1 N–H and O–H groups in total. The Balaban J connectivity index is 1.93. The number of nitrogens with one attached hydrogen (secondary N) is 1. The minimum absolute atomic E-state index is 0.193. The fourth-order valence-electron chi connectivity index (χ4n) is 1.03.